The zero-order valence-corrected chi connectivity index (χ0v) is 19.2. The fourth-order valence-corrected chi connectivity index (χ4v) is 3.86. The van der Waals surface area contributed by atoms with Gasteiger partial charge in [-0.2, -0.15) is 0 Å². The lowest BCUT2D eigenvalue weighted by molar-refractivity contribution is -0.123. The highest BCUT2D eigenvalue weighted by Gasteiger charge is 2.31. The van der Waals surface area contributed by atoms with E-state index in [0.717, 1.165) is 17.5 Å². The molecule has 1 amide bonds. The highest BCUT2D eigenvalue weighted by atomic mass is 35.5. The Balaban J connectivity index is 1.82. The molecule has 3 aromatic rings. The Hall–Kier alpha value is -2.93. The molecule has 7 heteroatoms. The molecule has 5 nitrogen and oxygen atoms in total. The lowest BCUT2D eigenvalue weighted by Gasteiger charge is -2.23. The first-order chi connectivity index (χ1) is 15.9. The third-order valence-corrected chi connectivity index (χ3v) is 5.87. The predicted octanol–water partition coefficient (Wildman–Crippen LogP) is 4.00. The minimum atomic E-state index is -1.75. The molecule has 0 radical (unpaired) electrons. The van der Waals surface area contributed by atoms with Crippen molar-refractivity contribution in [2.24, 2.45) is 0 Å². The molecule has 0 aliphatic carbocycles. The quantitative estimate of drug-likeness (QED) is 0.313. The second kappa shape index (κ2) is 11.8. The van der Waals surface area contributed by atoms with Crippen molar-refractivity contribution >= 4 is 30.4 Å². The third-order valence-electron chi connectivity index (χ3n) is 5.62. The molecular formula is C26H27BClNO4. The monoisotopic (exact) mass is 463 g/mol. The minimum absolute atomic E-state index is 0.0585. The van der Waals surface area contributed by atoms with Crippen molar-refractivity contribution in [3.63, 3.8) is 0 Å². The van der Waals surface area contributed by atoms with E-state index in [9.17, 15) is 19.6 Å². The highest BCUT2D eigenvalue weighted by Crippen LogP contribution is 2.25. The average Bonchev–Trinajstić information content (AvgIpc) is 2.83. The smallest absolute Gasteiger partial charge is 0.426 e. The van der Waals surface area contributed by atoms with E-state index >= 15 is 0 Å². The predicted molar refractivity (Wildman–Crippen MR) is 131 cm³/mol. The number of rotatable bonds is 10. The van der Waals surface area contributed by atoms with Gasteiger partial charge in [-0.1, -0.05) is 85.3 Å². The highest BCUT2D eigenvalue weighted by molar-refractivity contribution is 6.43. The number of Topliss-reactive ketones (excluding diaryl/α,β-unsaturated/α-hetero) is 1. The van der Waals surface area contributed by atoms with E-state index in [1.807, 2.05) is 37.3 Å². The molecule has 0 bridgehead atoms. The number of carbonyl (C=O) groups excluding carboxylic acids is 2. The first-order valence-corrected chi connectivity index (χ1v) is 11.3. The molecule has 3 N–H and O–H groups in total. The van der Waals surface area contributed by atoms with Gasteiger partial charge in [0.2, 0.25) is 5.91 Å². The Bertz CT molecular complexity index is 1070. The number of hydrogen-bond acceptors (Lipinski definition) is 4. The molecule has 0 aromatic heterocycles. The van der Waals surface area contributed by atoms with Gasteiger partial charge in [0.25, 0.3) is 0 Å². The van der Waals surface area contributed by atoms with Gasteiger partial charge >= 0.3 is 7.12 Å². The van der Waals surface area contributed by atoms with Crippen LogP contribution in [0, 0.1) is 0 Å². The zero-order chi connectivity index (χ0) is 23.8. The van der Waals surface area contributed by atoms with E-state index in [2.05, 4.69) is 5.32 Å². The summed E-state index contributed by atoms with van der Waals surface area (Å²) in [6.07, 6.45) is 1.04. The Morgan fingerprint density at radius 1 is 0.939 bits per heavy atom. The van der Waals surface area contributed by atoms with E-state index < -0.39 is 24.9 Å². The summed E-state index contributed by atoms with van der Waals surface area (Å²) in [6.45, 7) is 2.04. The Labute approximate surface area is 199 Å². The number of benzene rings is 3. The molecule has 0 aliphatic rings. The van der Waals surface area contributed by atoms with Gasteiger partial charge < -0.3 is 15.4 Å². The second-order valence-corrected chi connectivity index (χ2v) is 8.44. The Kier molecular flexibility index (Phi) is 8.83. The summed E-state index contributed by atoms with van der Waals surface area (Å²) in [7, 11) is -1.75. The van der Waals surface area contributed by atoms with Crippen LogP contribution in [0.25, 0.3) is 0 Å². The maximum atomic E-state index is 13.3. The third kappa shape index (κ3) is 7.03. The van der Waals surface area contributed by atoms with Crippen LogP contribution in [0.4, 0.5) is 0 Å². The average molecular weight is 464 g/mol. The molecule has 170 valence electrons. The molecule has 3 rings (SSSR count). The molecule has 0 saturated heterocycles. The molecule has 0 saturated carbocycles. The first kappa shape index (κ1) is 24.7. The van der Waals surface area contributed by atoms with Crippen molar-refractivity contribution in [2.45, 2.75) is 38.0 Å². The summed E-state index contributed by atoms with van der Waals surface area (Å²) in [4.78, 5) is 26.2. The number of nitrogens with one attached hydrogen (secondary N) is 1. The van der Waals surface area contributed by atoms with E-state index in [-0.39, 0.29) is 18.6 Å². The van der Waals surface area contributed by atoms with Gasteiger partial charge in [0, 0.05) is 17.0 Å². The number of amides is 1. The second-order valence-electron chi connectivity index (χ2n) is 8.00. The number of ketones is 1. The summed E-state index contributed by atoms with van der Waals surface area (Å²) in [5.74, 6) is -2.36. The largest absolute Gasteiger partial charge is 0.475 e. The number of hydrogen-bond donors (Lipinski definition) is 3. The van der Waals surface area contributed by atoms with Gasteiger partial charge in [-0.3, -0.25) is 9.59 Å². The summed E-state index contributed by atoms with van der Waals surface area (Å²) in [5, 5.41) is 23.2. The van der Waals surface area contributed by atoms with Crippen LogP contribution in [0.3, 0.4) is 0 Å². The number of halogens is 1. The van der Waals surface area contributed by atoms with Gasteiger partial charge in [-0.25, -0.2) is 0 Å². The molecule has 3 aromatic carbocycles. The van der Waals surface area contributed by atoms with Crippen molar-refractivity contribution in [1.29, 1.82) is 0 Å². The van der Waals surface area contributed by atoms with E-state index in [4.69, 9.17) is 11.6 Å². The van der Waals surface area contributed by atoms with Crippen LogP contribution >= 0.6 is 11.6 Å². The lowest BCUT2D eigenvalue weighted by Crippen LogP contribution is -2.49. The van der Waals surface area contributed by atoms with E-state index in [1.165, 1.54) is 0 Å². The first-order valence-electron chi connectivity index (χ1n) is 11.0. The molecule has 33 heavy (non-hydrogen) atoms. The van der Waals surface area contributed by atoms with Crippen LogP contribution in [-0.2, 0) is 17.6 Å². The van der Waals surface area contributed by atoms with Crippen LogP contribution in [0.15, 0.2) is 78.9 Å². The SMILES string of the molecule is CCc1cccc(CC(NC(=O)[C@H](CC(=O)c2ccccc2)c2ccc(Cl)cc2)B(O)O)c1. The van der Waals surface area contributed by atoms with Gasteiger partial charge in [0.1, 0.15) is 0 Å². The fraction of sp³-hybridized carbons (Fsp3) is 0.231. The molecule has 1 unspecified atom stereocenters. The molecule has 0 aliphatic heterocycles. The molecule has 0 heterocycles. The molecule has 0 fully saturated rings. The van der Waals surface area contributed by atoms with Crippen LogP contribution < -0.4 is 5.32 Å². The maximum absolute atomic E-state index is 13.3. The van der Waals surface area contributed by atoms with E-state index in [1.54, 1.807) is 48.5 Å². The molecular weight excluding hydrogens is 437 g/mol. The maximum Gasteiger partial charge on any atom is 0.475 e. The Morgan fingerprint density at radius 3 is 2.24 bits per heavy atom. The zero-order valence-electron chi connectivity index (χ0n) is 18.4. The van der Waals surface area contributed by atoms with Gasteiger partial charge in [0.05, 0.1) is 11.9 Å². The van der Waals surface area contributed by atoms with Crippen molar-refractivity contribution in [2.75, 3.05) is 0 Å². The summed E-state index contributed by atoms with van der Waals surface area (Å²) in [5.41, 5.74) is 3.15. The summed E-state index contributed by atoms with van der Waals surface area (Å²) < 4.78 is 0. The van der Waals surface area contributed by atoms with Crippen LogP contribution in [-0.4, -0.2) is 34.8 Å². The van der Waals surface area contributed by atoms with Gasteiger partial charge in [0.15, 0.2) is 5.78 Å². The van der Waals surface area contributed by atoms with Crippen molar-refractivity contribution < 1.29 is 19.6 Å². The minimum Gasteiger partial charge on any atom is -0.426 e. The lowest BCUT2D eigenvalue weighted by atomic mass is 9.75. The fourth-order valence-electron chi connectivity index (χ4n) is 3.73. The summed E-state index contributed by atoms with van der Waals surface area (Å²) >= 11 is 6.00. The van der Waals surface area contributed by atoms with E-state index in [0.29, 0.717) is 16.1 Å². The topological polar surface area (TPSA) is 86.6 Å². The standard InChI is InChI=1S/C26H27BClNO4/c1-2-18-7-6-8-19(15-18)16-25(27(32)33)29-26(31)23(20-11-13-22(28)14-12-20)17-24(30)21-9-4-3-5-10-21/h3-15,23,25,32-33H,2,16-17H2,1H3,(H,29,31)/t23-,25?/m1/s1. The van der Waals surface area contributed by atoms with Crippen molar-refractivity contribution in [3.8, 4) is 0 Å². The van der Waals surface area contributed by atoms with Gasteiger partial charge in [-0.15, -0.1) is 0 Å². The van der Waals surface area contributed by atoms with Crippen LogP contribution in [0.5, 0.6) is 0 Å². The number of aryl methyl sites for hydroxylation is 1. The van der Waals surface area contributed by atoms with Crippen LogP contribution in [0.1, 0.15) is 46.3 Å². The summed E-state index contributed by atoms with van der Waals surface area (Å²) in [6, 6.07) is 23.3. The molecule has 0 spiro atoms. The normalized spacial score (nSPS) is 12.6. The van der Waals surface area contributed by atoms with Crippen molar-refractivity contribution in [3.05, 3.63) is 106 Å². The van der Waals surface area contributed by atoms with Crippen LogP contribution in [0.2, 0.25) is 5.02 Å². The Morgan fingerprint density at radius 2 is 1.61 bits per heavy atom. The van der Waals surface area contributed by atoms with Crippen molar-refractivity contribution in [1.82, 2.24) is 5.32 Å². The van der Waals surface area contributed by atoms with Gasteiger partial charge in [-0.05, 0) is 41.7 Å². The number of carbonyl (C=O) groups is 2. The molecule has 2 atom stereocenters.